The molecule has 0 saturated heterocycles. The molecule has 0 radical (unpaired) electrons. The largest absolute Gasteiger partial charge is 0.354 e. The minimum Gasteiger partial charge on any atom is -0.354 e. The highest BCUT2D eigenvalue weighted by atomic mass is 35.5. The summed E-state index contributed by atoms with van der Waals surface area (Å²) in [5.41, 5.74) is 6.94. The number of hydrogen-bond donors (Lipinski definition) is 2. The van der Waals surface area contributed by atoms with Gasteiger partial charge in [0.05, 0.1) is 6.04 Å². The summed E-state index contributed by atoms with van der Waals surface area (Å²) in [7, 11) is 0. The predicted octanol–water partition coefficient (Wildman–Crippen LogP) is 2.37. The van der Waals surface area contributed by atoms with E-state index in [0.717, 1.165) is 17.0 Å². The van der Waals surface area contributed by atoms with Crippen LogP contribution in [0, 0.1) is 5.92 Å². The molecule has 0 heterocycles. The molecule has 0 bridgehead atoms. The average Bonchev–Trinajstić information content (AvgIpc) is 2.30. The molecule has 4 heteroatoms. The van der Waals surface area contributed by atoms with Crippen LogP contribution in [-0.2, 0) is 11.2 Å². The zero-order valence-electron chi connectivity index (χ0n) is 10.9. The molecule has 0 aliphatic carbocycles. The molecule has 0 saturated carbocycles. The van der Waals surface area contributed by atoms with Gasteiger partial charge >= 0.3 is 0 Å². The summed E-state index contributed by atoms with van der Waals surface area (Å²) in [4.78, 5) is 11.7. The van der Waals surface area contributed by atoms with E-state index in [9.17, 15) is 4.79 Å². The second-order valence-corrected chi connectivity index (χ2v) is 5.34. The minimum atomic E-state index is -0.407. The van der Waals surface area contributed by atoms with Crippen molar-refractivity contribution in [2.45, 2.75) is 32.7 Å². The van der Waals surface area contributed by atoms with Gasteiger partial charge in [0.1, 0.15) is 0 Å². The monoisotopic (exact) mass is 268 g/mol. The Morgan fingerprint density at radius 3 is 2.50 bits per heavy atom. The number of carbonyl (C=O) groups is 1. The molecule has 1 amide bonds. The third-order valence-corrected chi connectivity index (χ3v) is 2.94. The van der Waals surface area contributed by atoms with Crippen LogP contribution in [0.5, 0.6) is 0 Å². The summed E-state index contributed by atoms with van der Waals surface area (Å²) in [6, 6.07) is 7.22. The number of carbonyl (C=O) groups excluding carboxylic acids is 1. The van der Waals surface area contributed by atoms with Crippen molar-refractivity contribution < 1.29 is 4.79 Å². The molecule has 3 N–H and O–H groups in total. The van der Waals surface area contributed by atoms with Crippen molar-refractivity contribution >= 4 is 17.5 Å². The van der Waals surface area contributed by atoms with Crippen LogP contribution in [0.2, 0.25) is 5.02 Å². The Balaban J connectivity index is 2.29. The van der Waals surface area contributed by atoms with E-state index in [0.29, 0.717) is 18.9 Å². The zero-order valence-corrected chi connectivity index (χ0v) is 11.7. The van der Waals surface area contributed by atoms with Gasteiger partial charge in [-0.3, -0.25) is 4.79 Å². The fourth-order valence-electron chi connectivity index (χ4n) is 1.73. The SMILES string of the molecule is CC(C)C[C@H](N)C(=O)NCCc1ccc(Cl)cc1. The molecular formula is C14H21ClN2O. The Morgan fingerprint density at radius 2 is 1.94 bits per heavy atom. The fraction of sp³-hybridized carbons (Fsp3) is 0.500. The molecule has 0 aromatic heterocycles. The Kier molecular flexibility index (Phi) is 6.16. The molecule has 100 valence electrons. The maximum atomic E-state index is 11.7. The molecule has 1 atom stereocenters. The van der Waals surface area contributed by atoms with E-state index in [2.05, 4.69) is 19.2 Å². The van der Waals surface area contributed by atoms with Crippen LogP contribution in [0.3, 0.4) is 0 Å². The van der Waals surface area contributed by atoms with E-state index in [1.807, 2.05) is 24.3 Å². The first-order chi connectivity index (χ1) is 8.49. The van der Waals surface area contributed by atoms with Crippen LogP contribution in [0.1, 0.15) is 25.8 Å². The van der Waals surface area contributed by atoms with Crippen molar-refractivity contribution in [2.24, 2.45) is 11.7 Å². The van der Waals surface area contributed by atoms with Gasteiger partial charge in [-0.2, -0.15) is 0 Å². The average molecular weight is 269 g/mol. The number of nitrogens with two attached hydrogens (primary N) is 1. The van der Waals surface area contributed by atoms with Crippen LogP contribution in [0.4, 0.5) is 0 Å². The topological polar surface area (TPSA) is 55.1 Å². The number of halogens is 1. The van der Waals surface area contributed by atoms with Gasteiger partial charge in [0.25, 0.3) is 0 Å². The lowest BCUT2D eigenvalue weighted by Crippen LogP contribution is -2.42. The van der Waals surface area contributed by atoms with E-state index in [1.54, 1.807) is 0 Å². The van der Waals surface area contributed by atoms with Gasteiger partial charge in [0.15, 0.2) is 0 Å². The van der Waals surface area contributed by atoms with E-state index >= 15 is 0 Å². The molecule has 0 fully saturated rings. The summed E-state index contributed by atoms with van der Waals surface area (Å²) < 4.78 is 0. The molecule has 0 spiro atoms. The summed E-state index contributed by atoms with van der Waals surface area (Å²) in [6.07, 6.45) is 1.50. The van der Waals surface area contributed by atoms with Crippen LogP contribution in [0.25, 0.3) is 0 Å². The summed E-state index contributed by atoms with van der Waals surface area (Å²) in [5, 5.41) is 3.58. The summed E-state index contributed by atoms with van der Waals surface area (Å²) in [6.45, 7) is 4.72. The molecule has 0 unspecified atom stereocenters. The first-order valence-corrected chi connectivity index (χ1v) is 6.64. The molecule has 0 aliphatic heterocycles. The fourth-order valence-corrected chi connectivity index (χ4v) is 1.85. The number of amides is 1. The minimum absolute atomic E-state index is 0.0716. The van der Waals surface area contributed by atoms with Crippen LogP contribution < -0.4 is 11.1 Å². The van der Waals surface area contributed by atoms with Crippen molar-refractivity contribution in [3.63, 3.8) is 0 Å². The van der Waals surface area contributed by atoms with Crippen molar-refractivity contribution in [3.8, 4) is 0 Å². The van der Waals surface area contributed by atoms with Crippen molar-refractivity contribution in [1.82, 2.24) is 5.32 Å². The normalized spacial score (nSPS) is 12.5. The summed E-state index contributed by atoms with van der Waals surface area (Å²) in [5.74, 6) is 0.361. The lowest BCUT2D eigenvalue weighted by Gasteiger charge is -2.14. The highest BCUT2D eigenvalue weighted by Crippen LogP contribution is 2.09. The quantitative estimate of drug-likeness (QED) is 0.832. The predicted molar refractivity (Wildman–Crippen MR) is 75.6 cm³/mol. The van der Waals surface area contributed by atoms with Crippen molar-refractivity contribution in [1.29, 1.82) is 0 Å². The van der Waals surface area contributed by atoms with E-state index < -0.39 is 6.04 Å². The van der Waals surface area contributed by atoms with Crippen LogP contribution >= 0.6 is 11.6 Å². The first-order valence-electron chi connectivity index (χ1n) is 6.26. The van der Waals surface area contributed by atoms with Crippen LogP contribution in [-0.4, -0.2) is 18.5 Å². The highest BCUT2D eigenvalue weighted by molar-refractivity contribution is 6.30. The second-order valence-electron chi connectivity index (χ2n) is 4.90. The van der Waals surface area contributed by atoms with Gasteiger partial charge in [-0.05, 0) is 36.5 Å². The van der Waals surface area contributed by atoms with Gasteiger partial charge in [0.2, 0.25) is 5.91 Å². The molecule has 3 nitrogen and oxygen atoms in total. The van der Waals surface area contributed by atoms with Gasteiger partial charge in [0, 0.05) is 11.6 Å². The smallest absolute Gasteiger partial charge is 0.236 e. The molecule has 0 aliphatic rings. The van der Waals surface area contributed by atoms with Gasteiger partial charge in [-0.15, -0.1) is 0 Å². The number of benzene rings is 1. The maximum absolute atomic E-state index is 11.7. The molecule has 1 rings (SSSR count). The molecular weight excluding hydrogens is 248 g/mol. The first kappa shape index (κ1) is 15.0. The molecule has 1 aromatic rings. The Bertz CT molecular complexity index is 376. The second kappa shape index (κ2) is 7.39. The standard InChI is InChI=1S/C14H21ClN2O/c1-10(2)9-13(16)14(18)17-8-7-11-3-5-12(15)6-4-11/h3-6,10,13H,7-9,16H2,1-2H3,(H,17,18)/t13-/m0/s1. The maximum Gasteiger partial charge on any atom is 0.236 e. The third kappa shape index (κ3) is 5.52. The Hall–Kier alpha value is -1.06. The number of hydrogen-bond acceptors (Lipinski definition) is 2. The number of nitrogens with one attached hydrogen (secondary N) is 1. The van der Waals surface area contributed by atoms with E-state index in [-0.39, 0.29) is 5.91 Å². The van der Waals surface area contributed by atoms with Gasteiger partial charge < -0.3 is 11.1 Å². The Labute approximate surface area is 114 Å². The van der Waals surface area contributed by atoms with Crippen molar-refractivity contribution in [2.75, 3.05) is 6.54 Å². The number of rotatable bonds is 6. The highest BCUT2D eigenvalue weighted by Gasteiger charge is 2.13. The third-order valence-electron chi connectivity index (χ3n) is 2.69. The van der Waals surface area contributed by atoms with Crippen molar-refractivity contribution in [3.05, 3.63) is 34.9 Å². The lowest BCUT2D eigenvalue weighted by molar-refractivity contribution is -0.122. The molecule has 1 aromatic carbocycles. The van der Waals surface area contributed by atoms with Gasteiger partial charge in [-0.25, -0.2) is 0 Å². The molecule has 18 heavy (non-hydrogen) atoms. The zero-order chi connectivity index (χ0) is 13.5. The van der Waals surface area contributed by atoms with E-state index in [4.69, 9.17) is 17.3 Å². The van der Waals surface area contributed by atoms with E-state index in [1.165, 1.54) is 0 Å². The summed E-state index contributed by atoms with van der Waals surface area (Å²) >= 11 is 5.80. The lowest BCUT2D eigenvalue weighted by atomic mass is 10.0. The van der Waals surface area contributed by atoms with Crippen LogP contribution in [0.15, 0.2) is 24.3 Å². The Morgan fingerprint density at radius 1 is 1.33 bits per heavy atom. The van der Waals surface area contributed by atoms with Gasteiger partial charge in [-0.1, -0.05) is 37.6 Å².